The Kier molecular flexibility index (Phi) is 4.16. The highest BCUT2D eigenvalue weighted by Gasteiger charge is 2.24. The molecule has 5 nitrogen and oxygen atoms in total. The second kappa shape index (κ2) is 5.45. The summed E-state index contributed by atoms with van der Waals surface area (Å²) < 4.78 is 0.913. The first-order chi connectivity index (χ1) is 8.08. The summed E-state index contributed by atoms with van der Waals surface area (Å²) in [6, 6.07) is 0.238. The van der Waals surface area contributed by atoms with Gasteiger partial charge in [0.05, 0.1) is 9.61 Å². The van der Waals surface area contributed by atoms with Crippen molar-refractivity contribution in [3.63, 3.8) is 0 Å². The molecule has 17 heavy (non-hydrogen) atoms. The third kappa shape index (κ3) is 3.05. The summed E-state index contributed by atoms with van der Waals surface area (Å²) in [4.78, 5) is 13.5. The first-order valence-electron chi connectivity index (χ1n) is 5.74. The van der Waals surface area contributed by atoms with E-state index in [1.54, 1.807) is 6.20 Å². The summed E-state index contributed by atoms with van der Waals surface area (Å²) in [5.74, 6) is 1.41. The Hall–Kier alpha value is -0.470. The van der Waals surface area contributed by atoms with E-state index in [4.69, 9.17) is 5.73 Å². The molecule has 1 atom stereocenters. The molecule has 1 aliphatic rings. The number of nitrogens with zero attached hydrogens (tertiary/aromatic N) is 4. The van der Waals surface area contributed by atoms with E-state index in [1.807, 2.05) is 0 Å². The normalized spacial score (nSPS) is 23.6. The van der Waals surface area contributed by atoms with Crippen LogP contribution in [0.2, 0.25) is 0 Å². The number of halogens is 1. The molecule has 1 aromatic heterocycles. The second-order valence-electron chi connectivity index (χ2n) is 4.57. The van der Waals surface area contributed by atoms with Gasteiger partial charge in [0.25, 0.3) is 0 Å². The molecule has 1 unspecified atom stereocenters. The van der Waals surface area contributed by atoms with Crippen LogP contribution in [0.1, 0.15) is 18.3 Å². The minimum absolute atomic E-state index is 0.238. The van der Waals surface area contributed by atoms with Crippen molar-refractivity contribution in [3.8, 4) is 0 Å². The molecule has 1 aliphatic heterocycles. The van der Waals surface area contributed by atoms with Gasteiger partial charge >= 0.3 is 0 Å². The second-order valence-corrected chi connectivity index (χ2v) is 5.74. The maximum absolute atomic E-state index is 5.86. The number of aromatic nitrogens is 2. The van der Waals surface area contributed by atoms with Gasteiger partial charge in [-0.2, -0.15) is 0 Å². The lowest BCUT2D eigenvalue weighted by molar-refractivity contribution is 0.219. The summed E-state index contributed by atoms with van der Waals surface area (Å²) >= 11 is 2.15. The number of rotatable bonds is 1. The molecule has 0 aromatic carbocycles. The molecule has 0 radical (unpaired) electrons. The predicted octanol–water partition coefficient (Wildman–Crippen LogP) is 0.972. The van der Waals surface area contributed by atoms with Crippen LogP contribution in [-0.2, 0) is 0 Å². The van der Waals surface area contributed by atoms with Gasteiger partial charge in [-0.1, -0.05) is 0 Å². The van der Waals surface area contributed by atoms with Gasteiger partial charge in [-0.05, 0) is 56.2 Å². The molecular formula is C11H18IN5. The Morgan fingerprint density at radius 3 is 2.88 bits per heavy atom. The zero-order valence-corrected chi connectivity index (χ0v) is 12.4. The smallest absolute Gasteiger partial charge is 0.149 e. The van der Waals surface area contributed by atoms with Crippen molar-refractivity contribution in [3.05, 3.63) is 15.6 Å². The van der Waals surface area contributed by atoms with E-state index < -0.39 is 0 Å². The molecule has 0 bridgehead atoms. The van der Waals surface area contributed by atoms with E-state index in [0.29, 0.717) is 5.82 Å². The largest absolute Gasteiger partial charge is 0.383 e. The summed E-state index contributed by atoms with van der Waals surface area (Å²) in [7, 11) is 4.27. The molecule has 0 aliphatic carbocycles. The Labute approximate surface area is 116 Å². The molecule has 1 saturated heterocycles. The molecule has 1 fully saturated rings. The molecule has 0 saturated carbocycles. The molecule has 2 heterocycles. The van der Waals surface area contributed by atoms with Crippen LogP contribution < -0.4 is 5.73 Å². The number of nitrogens with two attached hydrogens (primary N) is 1. The van der Waals surface area contributed by atoms with Crippen molar-refractivity contribution < 1.29 is 0 Å². The first kappa shape index (κ1) is 13.0. The molecule has 1 aromatic rings. The standard InChI is InChI=1S/C11H18IN5/c1-16-4-3-5-17(2)9(7-16)11-14-6-8(12)10(13)15-11/h6,9H,3-5,7H2,1-2H3,(H2,13,14,15). The minimum Gasteiger partial charge on any atom is -0.383 e. The van der Waals surface area contributed by atoms with E-state index in [1.165, 1.54) is 6.42 Å². The molecule has 94 valence electrons. The van der Waals surface area contributed by atoms with Crippen molar-refractivity contribution in [1.82, 2.24) is 19.8 Å². The Morgan fingerprint density at radius 1 is 1.41 bits per heavy atom. The highest BCUT2D eigenvalue weighted by molar-refractivity contribution is 14.1. The highest BCUT2D eigenvalue weighted by Crippen LogP contribution is 2.21. The van der Waals surface area contributed by atoms with E-state index in [2.05, 4.69) is 56.5 Å². The van der Waals surface area contributed by atoms with Crippen LogP contribution in [0.4, 0.5) is 5.82 Å². The van der Waals surface area contributed by atoms with Crippen molar-refractivity contribution in [2.75, 3.05) is 39.5 Å². The van der Waals surface area contributed by atoms with Gasteiger partial charge in [0, 0.05) is 12.7 Å². The van der Waals surface area contributed by atoms with E-state index >= 15 is 0 Å². The number of hydrogen-bond donors (Lipinski definition) is 1. The lowest BCUT2D eigenvalue weighted by Crippen LogP contribution is -2.32. The zero-order valence-electron chi connectivity index (χ0n) is 10.2. The number of likely N-dealkylation sites (N-methyl/N-ethyl adjacent to an activating group) is 2. The highest BCUT2D eigenvalue weighted by atomic mass is 127. The third-order valence-corrected chi connectivity index (χ3v) is 3.99. The third-order valence-electron chi connectivity index (χ3n) is 3.16. The fraction of sp³-hybridized carbons (Fsp3) is 0.636. The van der Waals surface area contributed by atoms with Gasteiger partial charge in [-0.25, -0.2) is 9.97 Å². The first-order valence-corrected chi connectivity index (χ1v) is 6.82. The summed E-state index contributed by atoms with van der Waals surface area (Å²) in [6.45, 7) is 3.15. The SMILES string of the molecule is CN1CCCN(C)C(c2ncc(I)c(N)n2)C1. The topological polar surface area (TPSA) is 58.3 Å². The fourth-order valence-electron chi connectivity index (χ4n) is 2.11. The van der Waals surface area contributed by atoms with Crippen LogP contribution in [0.15, 0.2) is 6.20 Å². The van der Waals surface area contributed by atoms with E-state index in [-0.39, 0.29) is 6.04 Å². The summed E-state index contributed by atoms with van der Waals surface area (Å²) in [5, 5.41) is 0. The van der Waals surface area contributed by atoms with Gasteiger partial charge in [-0.3, -0.25) is 4.90 Å². The van der Waals surface area contributed by atoms with Crippen molar-refractivity contribution in [2.24, 2.45) is 0 Å². The lowest BCUT2D eigenvalue weighted by Gasteiger charge is -2.26. The fourth-order valence-corrected chi connectivity index (χ4v) is 2.37. The summed E-state index contributed by atoms with van der Waals surface area (Å²) in [5.41, 5.74) is 5.86. The average Bonchev–Trinajstić information content (AvgIpc) is 2.45. The van der Waals surface area contributed by atoms with E-state index in [0.717, 1.165) is 29.0 Å². The van der Waals surface area contributed by atoms with Crippen LogP contribution in [-0.4, -0.2) is 53.5 Å². The molecule has 0 spiro atoms. The molecule has 2 rings (SSSR count). The zero-order chi connectivity index (χ0) is 12.4. The quantitative estimate of drug-likeness (QED) is 0.768. The van der Waals surface area contributed by atoms with Crippen LogP contribution in [0.3, 0.4) is 0 Å². The maximum atomic E-state index is 5.86. The van der Waals surface area contributed by atoms with E-state index in [9.17, 15) is 0 Å². The van der Waals surface area contributed by atoms with Crippen LogP contribution in [0.5, 0.6) is 0 Å². The van der Waals surface area contributed by atoms with Crippen molar-refractivity contribution >= 4 is 28.4 Å². The molecule has 0 amide bonds. The molecule has 6 heteroatoms. The minimum atomic E-state index is 0.238. The number of hydrogen-bond acceptors (Lipinski definition) is 5. The van der Waals surface area contributed by atoms with Gasteiger partial charge in [0.2, 0.25) is 0 Å². The van der Waals surface area contributed by atoms with Gasteiger partial charge in [0.15, 0.2) is 0 Å². The van der Waals surface area contributed by atoms with Gasteiger partial charge in [0.1, 0.15) is 11.6 Å². The monoisotopic (exact) mass is 347 g/mol. The number of nitrogen functional groups attached to an aromatic ring is 1. The summed E-state index contributed by atoms with van der Waals surface area (Å²) in [6.07, 6.45) is 2.99. The van der Waals surface area contributed by atoms with Crippen LogP contribution in [0, 0.1) is 3.57 Å². The Bertz CT molecular complexity index is 397. The molecular weight excluding hydrogens is 329 g/mol. The van der Waals surface area contributed by atoms with Crippen molar-refractivity contribution in [1.29, 1.82) is 0 Å². The number of anilines is 1. The predicted molar refractivity (Wildman–Crippen MR) is 76.6 cm³/mol. The average molecular weight is 347 g/mol. The lowest BCUT2D eigenvalue weighted by atomic mass is 10.2. The molecule has 2 N–H and O–H groups in total. The van der Waals surface area contributed by atoms with Crippen LogP contribution >= 0.6 is 22.6 Å². The Balaban J connectivity index is 2.26. The maximum Gasteiger partial charge on any atom is 0.149 e. The van der Waals surface area contributed by atoms with Crippen molar-refractivity contribution in [2.45, 2.75) is 12.5 Å². The Morgan fingerprint density at radius 2 is 2.18 bits per heavy atom. The van der Waals surface area contributed by atoms with Gasteiger partial charge < -0.3 is 10.6 Å². The van der Waals surface area contributed by atoms with Crippen LogP contribution in [0.25, 0.3) is 0 Å². The van der Waals surface area contributed by atoms with Gasteiger partial charge in [-0.15, -0.1) is 0 Å².